The van der Waals surface area contributed by atoms with E-state index in [0.29, 0.717) is 18.1 Å². The number of nitrogens with zero attached hydrogens (tertiary/aromatic N) is 7. The van der Waals surface area contributed by atoms with Gasteiger partial charge in [0.05, 0.1) is 12.1 Å². The molecule has 2 aromatic rings. The average Bonchev–Trinajstić information content (AvgIpc) is 2.90. The van der Waals surface area contributed by atoms with Gasteiger partial charge in [0, 0.05) is 12.7 Å². The van der Waals surface area contributed by atoms with Gasteiger partial charge in [-0.25, -0.2) is 9.36 Å². The van der Waals surface area contributed by atoms with Crippen molar-refractivity contribution in [3.8, 4) is 0 Å². The number of carboxylic acids is 1. The van der Waals surface area contributed by atoms with Crippen molar-refractivity contribution in [3.63, 3.8) is 0 Å². The third-order valence-electron chi connectivity index (χ3n) is 2.26. The van der Waals surface area contributed by atoms with Crippen molar-refractivity contribution in [3.05, 3.63) is 17.7 Å². The molecule has 96 valence electrons. The second kappa shape index (κ2) is 5.34. The Kier molecular flexibility index (Phi) is 3.60. The van der Waals surface area contributed by atoms with E-state index < -0.39 is 5.97 Å². The van der Waals surface area contributed by atoms with Crippen molar-refractivity contribution in [2.24, 2.45) is 0 Å². The van der Waals surface area contributed by atoms with Gasteiger partial charge in [0.15, 0.2) is 5.82 Å². The first kappa shape index (κ1) is 12.1. The summed E-state index contributed by atoms with van der Waals surface area (Å²) >= 11 is 0. The summed E-state index contributed by atoms with van der Waals surface area (Å²) < 4.78 is 3.22. The molecule has 0 aliphatic heterocycles. The van der Waals surface area contributed by atoms with Crippen molar-refractivity contribution in [1.82, 2.24) is 35.2 Å². The molecule has 2 rings (SSSR count). The lowest BCUT2D eigenvalue weighted by molar-refractivity contribution is -0.136. The quantitative estimate of drug-likeness (QED) is 0.725. The lowest BCUT2D eigenvalue weighted by Crippen LogP contribution is -2.10. The van der Waals surface area contributed by atoms with Crippen LogP contribution in [0.4, 0.5) is 0 Å². The first-order valence-electron chi connectivity index (χ1n) is 5.55. The van der Waals surface area contributed by atoms with E-state index in [1.807, 2.05) is 6.92 Å². The van der Waals surface area contributed by atoms with Crippen LogP contribution in [0, 0.1) is 0 Å². The Morgan fingerprint density at radius 1 is 1.39 bits per heavy atom. The Labute approximate surface area is 102 Å². The number of aliphatic carboxylic acids is 1. The lowest BCUT2D eigenvalue weighted by Gasteiger charge is -2.01. The molecule has 1 N–H and O–H groups in total. The summed E-state index contributed by atoms with van der Waals surface area (Å²) in [4.78, 5) is 10.5. The van der Waals surface area contributed by atoms with Gasteiger partial charge in [-0.05, 0) is 16.8 Å². The highest BCUT2D eigenvalue weighted by molar-refractivity contribution is 5.69. The second-order valence-electron chi connectivity index (χ2n) is 3.80. The van der Waals surface area contributed by atoms with E-state index in [1.54, 1.807) is 10.9 Å². The van der Waals surface area contributed by atoms with Crippen LogP contribution >= 0.6 is 0 Å². The SMILES string of the molecule is CCCn1nnnc1Cn1cc(CC(=O)O)nn1. The molecule has 9 heteroatoms. The summed E-state index contributed by atoms with van der Waals surface area (Å²) in [5, 5.41) is 27.6. The molecule has 9 nitrogen and oxygen atoms in total. The highest BCUT2D eigenvalue weighted by Gasteiger charge is 2.09. The molecule has 0 unspecified atom stereocenters. The molecule has 0 aromatic carbocycles. The predicted octanol–water partition coefficient (Wildman–Crippen LogP) is -0.650. The van der Waals surface area contributed by atoms with Gasteiger partial charge in [0.25, 0.3) is 0 Å². The topological polar surface area (TPSA) is 112 Å². The van der Waals surface area contributed by atoms with Gasteiger partial charge < -0.3 is 5.11 Å². The molecule has 2 aromatic heterocycles. The zero-order valence-electron chi connectivity index (χ0n) is 9.89. The summed E-state index contributed by atoms with van der Waals surface area (Å²) in [6, 6.07) is 0. The fourth-order valence-corrected chi connectivity index (χ4v) is 1.52. The van der Waals surface area contributed by atoms with Crippen LogP contribution in [0.2, 0.25) is 0 Å². The molecule has 0 amide bonds. The molecule has 0 fully saturated rings. The number of tetrazole rings is 1. The summed E-state index contributed by atoms with van der Waals surface area (Å²) in [6.07, 6.45) is 2.37. The lowest BCUT2D eigenvalue weighted by atomic mass is 10.3. The van der Waals surface area contributed by atoms with Crippen LogP contribution in [-0.4, -0.2) is 46.3 Å². The monoisotopic (exact) mass is 251 g/mol. The van der Waals surface area contributed by atoms with E-state index in [9.17, 15) is 4.79 Å². The van der Waals surface area contributed by atoms with E-state index in [2.05, 4.69) is 25.8 Å². The van der Waals surface area contributed by atoms with Crippen molar-refractivity contribution in [2.45, 2.75) is 32.9 Å². The maximum absolute atomic E-state index is 10.5. The van der Waals surface area contributed by atoms with Gasteiger partial charge in [-0.3, -0.25) is 4.79 Å². The molecular formula is C9H13N7O2. The smallest absolute Gasteiger partial charge is 0.309 e. The maximum Gasteiger partial charge on any atom is 0.309 e. The first-order valence-corrected chi connectivity index (χ1v) is 5.55. The normalized spacial score (nSPS) is 10.7. The highest BCUT2D eigenvalue weighted by atomic mass is 16.4. The largest absolute Gasteiger partial charge is 0.481 e. The Hall–Kier alpha value is -2.32. The maximum atomic E-state index is 10.5. The summed E-state index contributed by atoms with van der Waals surface area (Å²) in [6.45, 7) is 3.14. The average molecular weight is 251 g/mol. The standard InChI is InChI=1S/C9H13N7O2/c1-2-3-16-8(11-12-14-16)6-15-5-7(10-13-15)4-9(17)18/h5H,2-4,6H2,1H3,(H,17,18). The number of aromatic nitrogens is 7. The van der Waals surface area contributed by atoms with Gasteiger partial charge in [-0.1, -0.05) is 12.1 Å². The van der Waals surface area contributed by atoms with E-state index in [0.717, 1.165) is 13.0 Å². The van der Waals surface area contributed by atoms with Crippen molar-refractivity contribution in [2.75, 3.05) is 0 Å². The molecule has 0 spiro atoms. The third-order valence-corrected chi connectivity index (χ3v) is 2.26. The molecule has 0 radical (unpaired) electrons. The summed E-state index contributed by atoms with van der Waals surface area (Å²) in [5.74, 6) is -0.263. The van der Waals surface area contributed by atoms with Crippen LogP contribution in [-0.2, 0) is 24.3 Å². The van der Waals surface area contributed by atoms with Gasteiger partial charge >= 0.3 is 5.97 Å². The molecule has 0 aliphatic carbocycles. The van der Waals surface area contributed by atoms with Gasteiger partial charge in [0.1, 0.15) is 6.54 Å². The van der Waals surface area contributed by atoms with Gasteiger partial charge in [0.2, 0.25) is 0 Å². The fraction of sp³-hybridized carbons (Fsp3) is 0.556. The summed E-state index contributed by atoms with van der Waals surface area (Å²) in [5.41, 5.74) is 0.414. The van der Waals surface area contributed by atoms with E-state index in [1.165, 1.54) is 4.68 Å². The van der Waals surface area contributed by atoms with Crippen LogP contribution in [0.3, 0.4) is 0 Å². The van der Waals surface area contributed by atoms with Crippen LogP contribution in [0.5, 0.6) is 0 Å². The number of rotatable bonds is 6. The number of aryl methyl sites for hydroxylation is 1. The minimum absolute atomic E-state index is 0.139. The third kappa shape index (κ3) is 2.87. The van der Waals surface area contributed by atoms with Crippen LogP contribution in [0.25, 0.3) is 0 Å². The van der Waals surface area contributed by atoms with Crippen molar-refractivity contribution in [1.29, 1.82) is 0 Å². The second-order valence-corrected chi connectivity index (χ2v) is 3.80. The van der Waals surface area contributed by atoms with Crippen molar-refractivity contribution < 1.29 is 9.90 Å². The van der Waals surface area contributed by atoms with Crippen molar-refractivity contribution >= 4 is 5.97 Å². The molecule has 0 aliphatic rings. The highest BCUT2D eigenvalue weighted by Crippen LogP contribution is 2.00. The van der Waals surface area contributed by atoms with Gasteiger partial charge in [-0.2, -0.15) is 0 Å². The molecule has 0 saturated carbocycles. The Morgan fingerprint density at radius 2 is 2.22 bits per heavy atom. The molecule has 0 saturated heterocycles. The molecule has 18 heavy (non-hydrogen) atoms. The van der Waals surface area contributed by atoms with E-state index >= 15 is 0 Å². The first-order chi connectivity index (χ1) is 8.69. The van der Waals surface area contributed by atoms with Crippen LogP contribution in [0.1, 0.15) is 24.9 Å². The zero-order valence-corrected chi connectivity index (χ0v) is 9.89. The number of hydrogen-bond acceptors (Lipinski definition) is 6. The Bertz CT molecular complexity index is 533. The molecule has 0 atom stereocenters. The fourth-order valence-electron chi connectivity index (χ4n) is 1.52. The molecular weight excluding hydrogens is 238 g/mol. The van der Waals surface area contributed by atoms with E-state index in [-0.39, 0.29) is 6.42 Å². The summed E-state index contributed by atoms with van der Waals surface area (Å²) in [7, 11) is 0. The minimum Gasteiger partial charge on any atom is -0.481 e. The van der Waals surface area contributed by atoms with Crippen LogP contribution in [0.15, 0.2) is 6.20 Å². The number of hydrogen-bond donors (Lipinski definition) is 1. The van der Waals surface area contributed by atoms with E-state index in [4.69, 9.17) is 5.11 Å². The minimum atomic E-state index is -0.933. The Balaban J connectivity index is 2.06. The van der Waals surface area contributed by atoms with Gasteiger partial charge in [-0.15, -0.1) is 10.2 Å². The predicted molar refractivity (Wildman–Crippen MR) is 58.6 cm³/mol. The molecule has 2 heterocycles. The number of carboxylic acid groups (broad SMARTS) is 1. The zero-order chi connectivity index (χ0) is 13.0. The number of carbonyl (C=O) groups is 1. The Morgan fingerprint density at radius 3 is 2.94 bits per heavy atom. The molecule has 0 bridgehead atoms. The van der Waals surface area contributed by atoms with Crippen LogP contribution < -0.4 is 0 Å².